The second-order valence-corrected chi connectivity index (χ2v) is 16.9. The summed E-state index contributed by atoms with van der Waals surface area (Å²) in [4.78, 5) is 34.5. The van der Waals surface area contributed by atoms with Crippen LogP contribution in [0.15, 0.2) is 151 Å². The van der Waals surface area contributed by atoms with Gasteiger partial charge in [0.1, 0.15) is 35.0 Å². The summed E-state index contributed by atoms with van der Waals surface area (Å²) >= 11 is 3.12. The topological polar surface area (TPSA) is 187 Å². The highest BCUT2D eigenvalue weighted by atomic mass is 79.9. The minimum atomic E-state index is -1.78. The number of nitrogens with one attached hydrogen (secondary N) is 2. The third kappa shape index (κ3) is 12.6. The van der Waals surface area contributed by atoms with Gasteiger partial charge in [-0.3, -0.25) is 9.13 Å². The Morgan fingerprint density at radius 3 is 1.65 bits per heavy atom. The Morgan fingerprint density at radius 1 is 0.667 bits per heavy atom. The molecule has 0 saturated carbocycles. The number of nitrogens with zero attached hydrogens (tertiary/aromatic N) is 6. The summed E-state index contributed by atoms with van der Waals surface area (Å²) in [7, 11) is 3.07. The van der Waals surface area contributed by atoms with E-state index in [4.69, 9.17) is 18.9 Å². The van der Waals surface area contributed by atoms with Crippen LogP contribution in [0.3, 0.4) is 0 Å². The van der Waals surface area contributed by atoms with Gasteiger partial charge in [0.25, 0.3) is 0 Å². The number of rotatable bonds is 7. The maximum Gasteiger partial charge on any atom is 0.506 e. The van der Waals surface area contributed by atoms with Crippen molar-refractivity contribution in [1.82, 2.24) is 39.0 Å². The van der Waals surface area contributed by atoms with Crippen molar-refractivity contribution in [3.8, 4) is 45.6 Å². The van der Waals surface area contributed by atoms with Crippen LogP contribution in [0.4, 0.5) is 13.6 Å². The van der Waals surface area contributed by atoms with Gasteiger partial charge in [0, 0.05) is 85.2 Å². The van der Waals surface area contributed by atoms with Gasteiger partial charge in [0.2, 0.25) is 11.9 Å². The number of imidazole rings is 1. The van der Waals surface area contributed by atoms with E-state index in [1.54, 1.807) is 77.8 Å². The molecular weight excluding hydrogens is 953 g/mol. The summed E-state index contributed by atoms with van der Waals surface area (Å²) < 4.78 is 49.4. The molecule has 0 spiro atoms. The molecule has 7 aromatic heterocycles. The third-order valence-corrected chi connectivity index (χ3v) is 10.6. The number of halogens is 3. The summed E-state index contributed by atoms with van der Waals surface area (Å²) in [5.74, 6) is 2.20. The number of carbonyl (C=O) groups excluding carboxylic acids is 1. The lowest BCUT2D eigenvalue weighted by Gasteiger charge is -2.21. The zero-order valence-electron chi connectivity index (χ0n) is 38.2. The number of ether oxygens (including phenoxy) is 4. The van der Waals surface area contributed by atoms with Crippen molar-refractivity contribution in [1.29, 1.82) is 0 Å². The predicted molar refractivity (Wildman–Crippen MR) is 265 cm³/mol. The molecule has 0 saturated heterocycles. The molecule has 15 nitrogen and oxygen atoms in total. The summed E-state index contributed by atoms with van der Waals surface area (Å²) in [6, 6.07) is 32.4. The second-order valence-electron chi connectivity index (χ2n) is 16.0. The maximum absolute atomic E-state index is 12.8. The van der Waals surface area contributed by atoms with E-state index in [9.17, 15) is 23.6 Å². The van der Waals surface area contributed by atoms with Crippen LogP contribution in [-0.2, 0) is 4.74 Å². The van der Waals surface area contributed by atoms with Crippen LogP contribution in [0, 0.1) is 11.9 Å². The molecule has 0 bridgehead atoms. The average Bonchev–Trinajstić information content (AvgIpc) is 4.18. The highest BCUT2D eigenvalue weighted by molar-refractivity contribution is 9.10. The molecule has 0 fully saturated rings. The molecular formula is C50H46BBrF2N8O7. The standard InChI is InChI=1S/C17H14N4O.C14H18BNO5.C14H11FN2O.C5H3BrFN/c1-22-14-3-4-15-13(8-14)9-16(20-15)12-2-5-17(19-10-12)21-7-6-18-11-21;1-14(2,3)21-13(17)16-11-6-5-10(20-4)7-9(11)8-12(16)15(18)19;1-18-11-3-4-12-10(6-11)7-13(17-12)9-2-5-14(15)16-8-9;6-4-1-2-5(7)8-3-4/h2-11,20H,1H3;5-8,18-19H,1-4H3;2-8,17H,1H3;1-3H. The molecule has 0 aliphatic carbocycles. The highest BCUT2D eigenvalue weighted by Crippen LogP contribution is 2.29. The molecule has 10 aromatic rings. The first-order valence-electron chi connectivity index (χ1n) is 21.1. The number of aromatic amines is 2. The summed E-state index contributed by atoms with van der Waals surface area (Å²) in [5.41, 5.74) is 5.81. The fraction of sp³-hybridized carbons (Fsp3) is 0.140. The van der Waals surface area contributed by atoms with E-state index in [1.807, 2.05) is 71.6 Å². The molecule has 10 rings (SSSR count). The van der Waals surface area contributed by atoms with Crippen molar-refractivity contribution < 1.29 is 42.6 Å². The number of hydrogen-bond donors (Lipinski definition) is 4. The quantitative estimate of drug-likeness (QED) is 0.0879. The van der Waals surface area contributed by atoms with Gasteiger partial charge in [0.05, 0.1) is 32.4 Å². The molecule has 0 radical (unpaired) electrons. The van der Waals surface area contributed by atoms with Crippen molar-refractivity contribution in [2.45, 2.75) is 26.4 Å². The smallest absolute Gasteiger partial charge is 0.497 e. The molecule has 352 valence electrons. The summed E-state index contributed by atoms with van der Waals surface area (Å²) in [6.07, 6.45) is 9.46. The van der Waals surface area contributed by atoms with E-state index in [1.165, 1.54) is 37.7 Å². The zero-order chi connectivity index (χ0) is 49.2. The molecule has 0 aliphatic heterocycles. The van der Waals surface area contributed by atoms with Crippen LogP contribution < -0.4 is 19.8 Å². The number of hydrogen-bond acceptors (Lipinski definition) is 11. The van der Waals surface area contributed by atoms with E-state index in [0.29, 0.717) is 16.7 Å². The lowest BCUT2D eigenvalue weighted by molar-refractivity contribution is 0.0547. The Balaban J connectivity index is 0.000000142. The minimum Gasteiger partial charge on any atom is -0.497 e. The van der Waals surface area contributed by atoms with E-state index < -0.39 is 30.7 Å². The lowest BCUT2D eigenvalue weighted by Crippen LogP contribution is -2.40. The van der Waals surface area contributed by atoms with Crippen LogP contribution in [0.2, 0.25) is 0 Å². The van der Waals surface area contributed by atoms with E-state index >= 15 is 0 Å². The first-order chi connectivity index (χ1) is 33.1. The molecule has 4 N–H and O–H groups in total. The second kappa shape index (κ2) is 21.8. The minimum absolute atomic E-state index is 0.0486. The normalized spacial score (nSPS) is 10.9. The Kier molecular flexibility index (Phi) is 15.5. The van der Waals surface area contributed by atoms with Gasteiger partial charge in [-0.05, 0) is 146 Å². The number of carbonyl (C=O) groups is 1. The Hall–Kier alpha value is -7.87. The zero-order valence-corrected chi connectivity index (χ0v) is 39.8. The van der Waals surface area contributed by atoms with Gasteiger partial charge in [-0.25, -0.2) is 24.7 Å². The fourth-order valence-electron chi connectivity index (χ4n) is 6.82. The number of benzene rings is 3. The van der Waals surface area contributed by atoms with Crippen LogP contribution >= 0.6 is 15.9 Å². The Bertz CT molecular complexity index is 3260. The van der Waals surface area contributed by atoms with Crippen molar-refractivity contribution in [3.05, 3.63) is 163 Å². The van der Waals surface area contributed by atoms with Crippen LogP contribution in [0.1, 0.15) is 20.8 Å². The lowest BCUT2D eigenvalue weighted by atomic mass is 9.86. The number of aromatic nitrogens is 8. The molecule has 3 aromatic carbocycles. The average molecular weight is 1000 g/mol. The first-order valence-corrected chi connectivity index (χ1v) is 21.9. The van der Waals surface area contributed by atoms with E-state index in [0.717, 1.165) is 70.7 Å². The van der Waals surface area contributed by atoms with Gasteiger partial charge in [-0.1, -0.05) is 0 Å². The van der Waals surface area contributed by atoms with Gasteiger partial charge in [0.15, 0.2) is 0 Å². The SMILES string of the molecule is COc1ccc2[nH]c(-c3ccc(-n4ccnc4)nc3)cc2c1.COc1ccc2[nH]c(-c3ccc(F)nc3)cc2c1.COc1ccc2c(c1)cc(B(O)O)n2C(=O)OC(C)(C)C.Fc1ccc(Br)cn1. The van der Waals surface area contributed by atoms with Crippen LogP contribution in [0.5, 0.6) is 17.2 Å². The number of pyridine rings is 3. The van der Waals surface area contributed by atoms with Crippen molar-refractivity contribution in [2.24, 2.45) is 0 Å². The molecule has 0 atom stereocenters. The monoisotopic (exact) mass is 998 g/mol. The molecule has 0 amide bonds. The van der Waals surface area contributed by atoms with E-state index in [2.05, 4.69) is 51.9 Å². The molecule has 0 aliphatic rings. The van der Waals surface area contributed by atoms with Crippen molar-refractivity contribution in [3.63, 3.8) is 0 Å². The van der Waals surface area contributed by atoms with Gasteiger partial charge in [-0.2, -0.15) is 8.78 Å². The maximum atomic E-state index is 12.8. The molecule has 7 heterocycles. The predicted octanol–water partition coefficient (Wildman–Crippen LogP) is 9.90. The third-order valence-electron chi connectivity index (χ3n) is 10.1. The molecule has 69 heavy (non-hydrogen) atoms. The summed E-state index contributed by atoms with van der Waals surface area (Å²) in [6.45, 7) is 5.23. The summed E-state index contributed by atoms with van der Waals surface area (Å²) in [5, 5.41) is 21.8. The Morgan fingerprint density at radius 2 is 1.20 bits per heavy atom. The number of fused-ring (bicyclic) bond motifs is 3. The van der Waals surface area contributed by atoms with Gasteiger partial charge in [-0.15, -0.1) is 0 Å². The molecule has 19 heteroatoms. The number of H-pyrrole nitrogens is 2. The van der Waals surface area contributed by atoms with Gasteiger partial charge >= 0.3 is 13.2 Å². The fourth-order valence-corrected chi connectivity index (χ4v) is 7.05. The van der Waals surface area contributed by atoms with Crippen LogP contribution in [-0.4, -0.2) is 89.2 Å². The molecule has 0 unspecified atom stereocenters. The van der Waals surface area contributed by atoms with Gasteiger partial charge < -0.3 is 39.0 Å². The highest BCUT2D eigenvalue weighted by Gasteiger charge is 2.27. The Labute approximate surface area is 403 Å². The number of methoxy groups -OCH3 is 3. The van der Waals surface area contributed by atoms with E-state index in [-0.39, 0.29) is 5.59 Å². The van der Waals surface area contributed by atoms with Crippen LogP contribution in [0.25, 0.3) is 61.0 Å². The van der Waals surface area contributed by atoms with Crippen molar-refractivity contribution >= 4 is 67.4 Å². The largest absolute Gasteiger partial charge is 0.506 e. The first kappa shape index (κ1) is 49.1. The van der Waals surface area contributed by atoms with Crippen molar-refractivity contribution in [2.75, 3.05) is 21.3 Å².